The van der Waals surface area contributed by atoms with Gasteiger partial charge in [-0.15, -0.1) is 0 Å². The van der Waals surface area contributed by atoms with Crippen LogP contribution >= 0.6 is 12.2 Å². The molecular weight excluding hydrogens is 460 g/mol. The van der Waals surface area contributed by atoms with E-state index in [0.717, 1.165) is 16.5 Å². The van der Waals surface area contributed by atoms with Crippen molar-refractivity contribution in [1.29, 1.82) is 0 Å². The van der Waals surface area contributed by atoms with Crippen molar-refractivity contribution in [1.82, 2.24) is 14.9 Å². The number of benzene rings is 2. The van der Waals surface area contributed by atoms with Gasteiger partial charge in [-0.05, 0) is 119 Å². The van der Waals surface area contributed by atoms with E-state index >= 15 is 0 Å². The lowest BCUT2D eigenvalue weighted by molar-refractivity contribution is 0.565. The Balaban J connectivity index is 1.72. The summed E-state index contributed by atoms with van der Waals surface area (Å²) in [6.45, 7) is 15.3. The number of nitrogens with one attached hydrogen (secondary N) is 1. The van der Waals surface area contributed by atoms with Crippen LogP contribution in [0.4, 0.5) is 5.69 Å². The maximum Gasteiger partial charge on any atom is 0.174 e. The molecule has 2 unspecified atom stereocenters. The Bertz CT molecular complexity index is 1440. The molecule has 0 aliphatic carbocycles. The number of pyridine rings is 1. The van der Waals surface area contributed by atoms with Gasteiger partial charge in [0, 0.05) is 23.3 Å². The minimum Gasteiger partial charge on any atom is -0.351 e. The number of anilines is 1. The van der Waals surface area contributed by atoms with Gasteiger partial charge in [0.05, 0.1) is 23.5 Å². The molecule has 184 valence electrons. The largest absolute Gasteiger partial charge is 0.351 e. The van der Waals surface area contributed by atoms with Gasteiger partial charge in [-0.2, -0.15) is 0 Å². The first-order chi connectivity index (χ1) is 17.2. The summed E-state index contributed by atoms with van der Waals surface area (Å²) in [6, 6.07) is 19.5. The van der Waals surface area contributed by atoms with Crippen LogP contribution in [-0.2, 0) is 0 Å². The molecule has 1 N–H and O–H groups in total. The second kappa shape index (κ2) is 9.21. The zero-order chi connectivity index (χ0) is 25.7. The Hall–Kier alpha value is -3.44. The molecule has 2 aromatic heterocycles. The third-order valence-corrected chi connectivity index (χ3v) is 7.83. The number of aryl methyl sites for hydroxylation is 6. The molecular formula is C31H34N4S. The lowest BCUT2D eigenvalue weighted by atomic mass is 9.96. The molecule has 1 aliphatic heterocycles. The van der Waals surface area contributed by atoms with E-state index in [4.69, 9.17) is 17.2 Å². The summed E-state index contributed by atoms with van der Waals surface area (Å²) in [5, 5.41) is 4.34. The monoisotopic (exact) mass is 494 g/mol. The number of aromatic nitrogens is 2. The van der Waals surface area contributed by atoms with E-state index in [1.165, 1.54) is 50.5 Å². The fraction of sp³-hybridized carbons (Fsp3) is 0.290. The summed E-state index contributed by atoms with van der Waals surface area (Å²) in [6.07, 6.45) is 1.86. The van der Waals surface area contributed by atoms with Crippen LogP contribution in [0.5, 0.6) is 0 Å². The molecule has 0 spiro atoms. The molecule has 4 nitrogen and oxygen atoms in total. The van der Waals surface area contributed by atoms with Gasteiger partial charge in [0.1, 0.15) is 0 Å². The van der Waals surface area contributed by atoms with Crippen LogP contribution in [0.2, 0.25) is 0 Å². The second-order valence-corrected chi connectivity index (χ2v) is 10.6. The lowest BCUT2D eigenvalue weighted by Crippen LogP contribution is -2.29. The van der Waals surface area contributed by atoms with Gasteiger partial charge in [-0.25, -0.2) is 0 Å². The van der Waals surface area contributed by atoms with Crippen LogP contribution in [0.15, 0.2) is 60.8 Å². The van der Waals surface area contributed by atoms with Crippen molar-refractivity contribution in [3.05, 3.63) is 111 Å². The molecule has 4 aromatic rings. The molecule has 2 atom stereocenters. The van der Waals surface area contributed by atoms with Crippen LogP contribution in [0.25, 0.3) is 5.69 Å². The van der Waals surface area contributed by atoms with Crippen molar-refractivity contribution in [2.24, 2.45) is 0 Å². The summed E-state index contributed by atoms with van der Waals surface area (Å²) < 4.78 is 2.41. The van der Waals surface area contributed by atoms with Crippen LogP contribution in [0, 0.1) is 48.5 Å². The van der Waals surface area contributed by atoms with Crippen molar-refractivity contribution in [3.8, 4) is 5.69 Å². The van der Waals surface area contributed by atoms with Gasteiger partial charge in [-0.3, -0.25) is 4.98 Å². The highest BCUT2D eigenvalue weighted by molar-refractivity contribution is 7.80. The zero-order valence-corrected chi connectivity index (χ0v) is 23.0. The zero-order valence-electron chi connectivity index (χ0n) is 22.2. The van der Waals surface area contributed by atoms with Gasteiger partial charge in [0.15, 0.2) is 5.11 Å². The minimum atomic E-state index is -0.0607. The summed E-state index contributed by atoms with van der Waals surface area (Å²) in [7, 11) is 0. The summed E-state index contributed by atoms with van der Waals surface area (Å²) in [4.78, 5) is 7.01. The summed E-state index contributed by atoms with van der Waals surface area (Å²) in [5.74, 6) is 0. The number of hydrogen-bond donors (Lipinski definition) is 1. The normalized spacial score (nSPS) is 17.5. The summed E-state index contributed by atoms with van der Waals surface area (Å²) >= 11 is 5.97. The van der Waals surface area contributed by atoms with Crippen molar-refractivity contribution >= 4 is 23.0 Å². The van der Waals surface area contributed by atoms with E-state index < -0.39 is 0 Å². The van der Waals surface area contributed by atoms with Gasteiger partial charge in [0.25, 0.3) is 0 Å². The fourth-order valence-corrected chi connectivity index (χ4v) is 6.13. The van der Waals surface area contributed by atoms with Crippen LogP contribution in [0.3, 0.4) is 0 Å². The first-order valence-corrected chi connectivity index (χ1v) is 12.9. The lowest BCUT2D eigenvalue weighted by Gasteiger charge is -2.29. The summed E-state index contributed by atoms with van der Waals surface area (Å²) in [5.41, 5.74) is 13.5. The highest BCUT2D eigenvalue weighted by atomic mass is 32.1. The standard InChI is InChI=1S/C31H34N4S/c1-18-14-21(4)29(22(5)15-18)34-23(6)17-26(24(34)7)30-28(27-10-8-9-13-32-27)33-31(36)35(30)25-12-11-19(2)20(3)16-25/h8-17,28,30H,1-7H3,(H,33,36). The molecule has 3 heterocycles. The molecule has 5 rings (SSSR count). The molecule has 36 heavy (non-hydrogen) atoms. The van der Waals surface area contributed by atoms with E-state index in [1.54, 1.807) is 0 Å². The van der Waals surface area contributed by atoms with E-state index in [-0.39, 0.29) is 12.1 Å². The number of nitrogens with zero attached hydrogens (tertiary/aromatic N) is 3. The Morgan fingerprint density at radius 3 is 2.17 bits per heavy atom. The Morgan fingerprint density at radius 1 is 0.806 bits per heavy atom. The molecule has 1 fully saturated rings. The first kappa shape index (κ1) is 24.3. The Kier molecular flexibility index (Phi) is 6.21. The minimum absolute atomic E-state index is 0.0273. The Morgan fingerprint density at radius 2 is 1.53 bits per heavy atom. The number of rotatable bonds is 4. The van der Waals surface area contributed by atoms with Gasteiger partial charge < -0.3 is 14.8 Å². The Labute approximate surface area is 220 Å². The SMILES string of the molecule is Cc1cc(C)c(-n2c(C)cc(C3C(c4ccccn4)NC(=S)N3c3ccc(C)c(C)c3)c2C)c(C)c1. The van der Waals surface area contributed by atoms with E-state index in [2.05, 4.69) is 106 Å². The van der Waals surface area contributed by atoms with Crippen LogP contribution < -0.4 is 10.2 Å². The van der Waals surface area contributed by atoms with Gasteiger partial charge >= 0.3 is 0 Å². The third-order valence-electron chi connectivity index (χ3n) is 7.51. The highest BCUT2D eigenvalue weighted by Crippen LogP contribution is 2.44. The quantitative estimate of drug-likeness (QED) is 0.304. The smallest absolute Gasteiger partial charge is 0.174 e. The van der Waals surface area contributed by atoms with Crippen molar-refractivity contribution in [3.63, 3.8) is 0 Å². The molecule has 5 heteroatoms. The molecule has 0 amide bonds. The molecule has 1 saturated heterocycles. The molecule has 0 bridgehead atoms. The van der Waals surface area contributed by atoms with Crippen molar-refractivity contribution < 1.29 is 0 Å². The molecule has 0 saturated carbocycles. The van der Waals surface area contributed by atoms with Crippen LogP contribution in [0.1, 0.15) is 62.5 Å². The van der Waals surface area contributed by atoms with Crippen molar-refractivity contribution in [2.45, 2.75) is 60.5 Å². The second-order valence-electron chi connectivity index (χ2n) is 10.2. The maximum atomic E-state index is 5.97. The first-order valence-electron chi connectivity index (χ1n) is 12.5. The predicted octanol–water partition coefficient (Wildman–Crippen LogP) is 7.21. The van der Waals surface area contributed by atoms with E-state index in [0.29, 0.717) is 0 Å². The third kappa shape index (κ3) is 4.01. The topological polar surface area (TPSA) is 33.1 Å². The number of thiocarbonyl (C=S) groups is 1. The molecule has 2 aromatic carbocycles. The maximum absolute atomic E-state index is 5.97. The highest BCUT2D eigenvalue weighted by Gasteiger charge is 2.42. The molecule has 1 aliphatic rings. The van der Waals surface area contributed by atoms with E-state index in [1.807, 2.05) is 18.3 Å². The average Bonchev–Trinajstić information content (AvgIpc) is 3.32. The van der Waals surface area contributed by atoms with Gasteiger partial charge in [-0.1, -0.05) is 29.8 Å². The van der Waals surface area contributed by atoms with Gasteiger partial charge in [0.2, 0.25) is 0 Å². The molecule has 0 radical (unpaired) electrons. The van der Waals surface area contributed by atoms with Crippen LogP contribution in [-0.4, -0.2) is 14.7 Å². The average molecular weight is 495 g/mol. The number of hydrogen-bond acceptors (Lipinski definition) is 2. The predicted molar refractivity (Wildman–Crippen MR) is 153 cm³/mol. The van der Waals surface area contributed by atoms with E-state index in [9.17, 15) is 0 Å². The van der Waals surface area contributed by atoms with Crippen molar-refractivity contribution in [2.75, 3.05) is 4.90 Å². The fourth-order valence-electron chi connectivity index (χ4n) is 5.78.